The standard InChI is InChI=1S/C11H11NO2S.Li.H/c1-12(2)9-7-5-3-4-6-8(7)15-10(9)11(13)14;;/h3-6H,1-2H3,(H,13,14);;. The molecule has 5 heteroatoms. The Hall–Kier alpha value is -0.953. The molecule has 2 aromatic rings. The molecular formula is C11H12LiNO2S. The van der Waals surface area contributed by atoms with E-state index in [2.05, 4.69) is 0 Å². The molecule has 0 aliphatic rings. The number of fused-ring (bicyclic) bond motifs is 1. The molecule has 1 aromatic heterocycles. The zero-order valence-electron chi connectivity index (χ0n) is 8.52. The van der Waals surface area contributed by atoms with Crippen molar-refractivity contribution in [3.05, 3.63) is 29.1 Å². The van der Waals surface area contributed by atoms with Crippen LogP contribution in [0.5, 0.6) is 0 Å². The van der Waals surface area contributed by atoms with Gasteiger partial charge in [-0.3, -0.25) is 0 Å². The third-order valence-electron chi connectivity index (χ3n) is 2.21. The summed E-state index contributed by atoms with van der Waals surface area (Å²) in [5, 5.41) is 10.1. The van der Waals surface area contributed by atoms with Gasteiger partial charge in [-0.25, -0.2) is 4.79 Å². The van der Waals surface area contributed by atoms with Crippen LogP contribution in [0.4, 0.5) is 5.69 Å². The summed E-state index contributed by atoms with van der Waals surface area (Å²) in [5.41, 5.74) is 0.795. The molecule has 0 unspecified atom stereocenters. The van der Waals surface area contributed by atoms with Crippen molar-refractivity contribution in [2.75, 3.05) is 19.0 Å². The van der Waals surface area contributed by atoms with Crippen molar-refractivity contribution in [1.29, 1.82) is 0 Å². The molecule has 1 aromatic carbocycles. The Morgan fingerprint density at radius 1 is 1.31 bits per heavy atom. The molecule has 0 saturated heterocycles. The molecule has 80 valence electrons. The normalized spacial score (nSPS) is 9.88. The second-order valence-corrected chi connectivity index (χ2v) is 4.53. The number of benzene rings is 1. The van der Waals surface area contributed by atoms with Gasteiger partial charge in [-0.2, -0.15) is 0 Å². The Morgan fingerprint density at radius 3 is 2.50 bits per heavy atom. The van der Waals surface area contributed by atoms with Gasteiger partial charge in [-0.05, 0) is 6.07 Å². The Labute approximate surface area is 110 Å². The van der Waals surface area contributed by atoms with Crippen LogP contribution in [0.25, 0.3) is 10.1 Å². The molecule has 2 rings (SSSR count). The van der Waals surface area contributed by atoms with Crippen LogP contribution in [-0.2, 0) is 0 Å². The minimum atomic E-state index is -0.861. The Morgan fingerprint density at radius 2 is 1.94 bits per heavy atom. The average Bonchev–Trinajstić information content (AvgIpc) is 2.56. The van der Waals surface area contributed by atoms with Crippen LogP contribution >= 0.6 is 11.3 Å². The number of carboxylic acids is 1. The first-order valence-corrected chi connectivity index (χ1v) is 5.35. The summed E-state index contributed by atoms with van der Waals surface area (Å²) < 4.78 is 1.01. The van der Waals surface area contributed by atoms with Gasteiger partial charge >= 0.3 is 24.8 Å². The summed E-state index contributed by atoms with van der Waals surface area (Å²) in [6.45, 7) is 0. The number of hydrogen-bond acceptors (Lipinski definition) is 3. The zero-order chi connectivity index (χ0) is 11.0. The summed E-state index contributed by atoms with van der Waals surface area (Å²) in [6, 6.07) is 7.74. The first-order chi connectivity index (χ1) is 7.11. The van der Waals surface area contributed by atoms with Crippen LogP contribution in [-0.4, -0.2) is 44.0 Å². The molecule has 0 fully saturated rings. The van der Waals surface area contributed by atoms with Crippen LogP contribution in [0.3, 0.4) is 0 Å². The second-order valence-electron chi connectivity index (χ2n) is 3.48. The van der Waals surface area contributed by atoms with Crippen LogP contribution < -0.4 is 4.90 Å². The van der Waals surface area contributed by atoms with Crippen LogP contribution in [0.2, 0.25) is 0 Å². The second kappa shape index (κ2) is 4.92. The molecule has 3 nitrogen and oxygen atoms in total. The monoisotopic (exact) mass is 229 g/mol. The molecule has 0 aliphatic carbocycles. The van der Waals surface area contributed by atoms with E-state index in [9.17, 15) is 4.79 Å². The molecule has 1 heterocycles. The number of hydrogen-bond donors (Lipinski definition) is 1. The topological polar surface area (TPSA) is 40.5 Å². The van der Waals surface area contributed by atoms with E-state index in [4.69, 9.17) is 5.11 Å². The minimum absolute atomic E-state index is 0. The van der Waals surface area contributed by atoms with Crippen molar-refractivity contribution in [2.24, 2.45) is 0 Å². The average molecular weight is 229 g/mol. The molecule has 0 amide bonds. The van der Waals surface area contributed by atoms with Gasteiger partial charge in [0.15, 0.2) is 0 Å². The van der Waals surface area contributed by atoms with E-state index in [0.29, 0.717) is 4.88 Å². The van der Waals surface area contributed by atoms with E-state index < -0.39 is 5.97 Å². The number of anilines is 1. The molecule has 16 heavy (non-hydrogen) atoms. The number of carbonyl (C=O) groups is 1. The number of thiophene rings is 1. The summed E-state index contributed by atoms with van der Waals surface area (Å²) in [4.78, 5) is 13.3. The van der Waals surface area contributed by atoms with Crippen molar-refractivity contribution in [3.63, 3.8) is 0 Å². The van der Waals surface area contributed by atoms with Gasteiger partial charge in [0.25, 0.3) is 0 Å². The molecule has 0 saturated carbocycles. The predicted molar refractivity (Wildman–Crippen MR) is 70.3 cm³/mol. The Bertz CT molecular complexity index is 522. The van der Waals surface area contributed by atoms with E-state index >= 15 is 0 Å². The molecule has 0 radical (unpaired) electrons. The van der Waals surface area contributed by atoms with Gasteiger partial charge in [0.1, 0.15) is 4.88 Å². The number of carboxylic acid groups (broad SMARTS) is 1. The summed E-state index contributed by atoms with van der Waals surface area (Å²) in [5.74, 6) is -0.861. The SMILES string of the molecule is CN(C)c1c(C(=O)O)sc2ccccc12.[LiH]. The fourth-order valence-corrected chi connectivity index (χ4v) is 2.74. The van der Waals surface area contributed by atoms with E-state index in [-0.39, 0.29) is 18.9 Å². The number of nitrogens with zero attached hydrogens (tertiary/aromatic N) is 1. The van der Waals surface area contributed by atoms with Crippen molar-refractivity contribution in [3.8, 4) is 0 Å². The van der Waals surface area contributed by atoms with E-state index in [0.717, 1.165) is 15.8 Å². The van der Waals surface area contributed by atoms with Gasteiger partial charge in [0, 0.05) is 24.2 Å². The van der Waals surface area contributed by atoms with Crippen LogP contribution in [0.1, 0.15) is 9.67 Å². The van der Waals surface area contributed by atoms with Crippen LogP contribution in [0, 0.1) is 0 Å². The molecule has 0 atom stereocenters. The van der Waals surface area contributed by atoms with Gasteiger partial charge in [-0.1, -0.05) is 18.2 Å². The fraction of sp³-hybridized carbons (Fsp3) is 0.182. The third kappa shape index (κ3) is 2.10. The summed E-state index contributed by atoms with van der Waals surface area (Å²) in [7, 11) is 3.72. The van der Waals surface area contributed by atoms with Crippen molar-refractivity contribution in [2.45, 2.75) is 0 Å². The number of rotatable bonds is 2. The first-order valence-electron chi connectivity index (χ1n) is 4.53. The maximum atomic E-state index is 11.1. The Balaban J connectivity index is 0.00000128. The molecule has 0 bridgehead atoms. The molecule has 0 spiro atoms. The molecule has 0 aliphatic heterocycles. The summed E-state index contributed by atoms with van der Waals surface area (Å²) >= 11 is 1.32. The van der Waals surface area contributed by atoms with E-state index in [1.165, 1.54) is 11.3 Å². The predicted octanol–water partition coefficient (Wildman–Crippen LogP) is 2.02. The molecule has 1 N–H and O–H groups in total. The first kappa shape index (κ1) is 13.1. The van der Waals surface area contributed by atoms with Gasteiger partial charge in [0.2, 0.25) is 0 Å². The number of aromatic carboxylic acids is 1. The quantitative estimate of drug-likeness (QED) is 0.801. The van der Waals surface area contributed by atoms with E-state index in [1.54, 1.807) is 0 Å². The van der Waals surface area contributed by atoms with Gasteiger partial charge in [0.05, 0.1) is 5.69 Å². The molecular weight excluding hydrogens is 217 g/mol. The summed E-state index contributed by atoms with van der Waals surface area (Å²) in [6.07, 6.45) is 0. The van der Waals surface area contributed by atoms with Crippen LogP contribution in [0.15, 0.2) is 24.3 Å². The van der Waals surface area contributed by atoms with Gasteiger partial charge in [-0.15, -0.1) is 11.3 Å². The van der Waals surface area contributed by atoms with E-state index in [1.807, 2.05) is 43.3 Å². The van der Waals surface area contributed by atoms with Gasteiger partial charge < -0.3 is 10.0 Å². The Kier molecular flexibility index (Phi) is 4.03. The fourth-order valence-electron chi connectivity index (χ4n) is 1.62. The maximum absolute atomic E-state index is 11.1. The van der Waals surface area contributed by atoms with Crippen molar-refractivity contribution < 1.29 is 9.90 Å². The zero-order valence-corrected chi connectivity index (χ0v) is 9.34. The third-order valence-corrected chi connectivity index (χ3v) is 3.36. The van der Waals surface area contributed by atoms with Crippen molar-refractivity contribution in [1.82, 2.24) is 0 Å². The van der Waals surface area contributed by atoms with Crippen molar-refractivity contribution >= 4 is 51.9 Å².